The van der Waals surface area contributed by atoms with Crippen molar-refractivity contribution in [3.8, 4) is 0 Å². The van der Waals surface area contributed by atoms with E-state index in [1.807, 2.05) is 49.5 Å². The van der Waals surface area contributed by atoms with Crippen molar-refractivity contribution in [1.82, 2.24) is 14.8 Å². The fourth-order valence-corrected chi connectivity index (χ4v) is 5.39. The zero-order valence-corrected chi connectivity index (χ0v) is 20.2. The highest BCUT2D eigenvalue weighted by atomic mass is 35.5. The van der Waals surface area contributed by atoms with Crippen molar-refractivity contribution in [2.45, 2.75) is 37.9 Å². The van der Waals surface area contributed by atoms with Gasteiger partial charge in [0.1, 0.15) is 6.04 Å². The van der Waals surface area contributed by atoms with Crippen molar-refractivity contribution in [2.24, 2.45) is 13.0 Å². The second kappa shape index (κ2) is 9.59. The van der Waals surface area contributed by atoms with Crippen LogP contribution in [0.4, 0.5) is 0 Å². The van der Waals surface area contributed by atoms with Crippen LogP contribution in [0.3, 0.4) is 0 Å². The minimum Gasteiger partial charge on any atom is -0.354 e. The van der Waals surface area contributed by atoms with Crippen LogP contribution in [-0.2, 0) is 23.2 Å². The topological polar surface area (TPSA) is 54.3 Å². The number of amides is 2. The van der Waals surface area contributed by atoms with Gasteiger partial charge < -0.3 is 14.8 Å². The van der Waals surface area contributed by atoms with Gasteiger partial charge in [-0.1, -0.05) is 67.5 Å². The first-order chi connectivity index (χ1) is 15.4. The summed E-state index contributed by atoms with van der Waals surface area (Å²) in [6, 6.07) is 14.8. The van der Waals surface area contributed by atoms with Crippen LogP contribution in [0.15, 0.2) is 53.6 Å². The third-order valence-corrected chi connectivity index (χ3v) is 7.27. The fourth-order valence-electron chi connectivity index (χ4n) is 4.17. The first kappa shape index (κ1) is 22.7. The van der Waals surface area contributed by atoms with Gasteiger partial charge in [0.05, 0.1) is 10.8 Å². The zero-order chi connectivity index (χ0) is 22.8. The van der Waals surface area contributed by atoms with Crippen LogP contribution in [-0.4, -0.2) is 33.6 Å². The van der Waals surface area contributed by atoms with Gasteiger partial charge in [0.2, 0.25) is 11.8 Å². The van der Waals surface area contributed by atoms with Crippen LogP contribution < -0.4 is 5.32 Å². The smallest absolute Gasteiger partial charge is 0.247 e. The standard InChI is InChI=1S/C25H28ClN3O2S/c1-16(2)12-13-27-24(31)23-22-19-6-4-5-7-20(19)28(3)25(22)32-15-21(30)29(23)14-17-8-10-18(26)11-9-17/h4-11,16,23H,12-15H2,1-3H3,(H,27,31)/t23-/m1/s1. The Labute approximate surface area is 198 Å². The molecule has 0 aliphatic carbocycles. The van der Waals surface area contributed by atoms with Crippen molar-refractivity contribution < 1.29 is 9.59 Å². The number of carbonyl (C=O) groups excluding carboxylic acids is 2. The molecule has 0 spiro atoms. The number of thioether (sulfide) groups is 1. The Hall–Kier alpha value is -2.44. The fraction of sp³-hybridized carbons (Fsp3) is 0.360. The van der Waals surface area contributed by atoms with Gasteiger partial charge in [-0.3, -0.25) is 9.59 Å². The number of benzene rings is 2. The van der Waals surface area contributed by atoms with Crippen molar-refractivity contribution in [1.29, 1.82) is 0 Å². The number of para-hydroxylation sites is 1. The number of aromatic nitrogens is 1. The number of aryl methyl sites for hydroxylation is 1. The van der Waals surface area contributed by atoms with Gasteiger partial charge in [0, 0.05) is 41.6 Å². The minimum atomic E-state index is -0.693. The first-order valence-corrected chi connectivity index (χ1v) is 12.2. The molecule has 0 radical (unpaired) electrons. The number of rotatable bonds is 6. The maximum Gasteiger partial charge on any atom is 0.247 e. The maximum absolute atomic E-state index is 13.6. The Balaban J connectivity index is 1.80. The Morgan fingerprint density at radius 1 is 1.19 bits per heavy atom. The molecule has 1 N–H and O–H groups in total. The molecule has 2 heterocycles. The van der Waals surface area contributed by atoms with E-state index in [1.54, 1.807) is 4.90 Å². The molecule has 1 aromatic heterocycles. The molecule has 0 bridgehead atoms. The van der Waals surface area contributed by atoms with Gasteiger partial charge in [-0.25, -0.2) is 0 Å². The quantitative estimate of drug-likeness (QED) is 0.541. The highest BCUT2D eigenvalue weighted by Gasteiger charge is 2.38. The molecule has 1 aliphatic heterocycles. The number of hydrogen-bond donors (Lipinski definition) is 1. The van der Waals surface area contributed by atoms with Gasteiger partial charge in [-0.15, -0.1) is 0 Å². The molecule has 1 atom stereocenters. The molecule has 7 heteroatoms. The molecule has 2 aromatic carbocycles. The second-order valence-electron chi connectivity index (χ2n) is 8.61. The van der Waals surface area contributed by atoms with E-state index in [4.69, 9.17) is 11.6 Å². The highest BCUT2D eigenvalue weighted by Crippen LogP contribution is 2.42. The van der Waals surface area contributed by atoms with E-state index in [9.17, 15) is 9.59 Å². The van der Waals surface area contributed by atoms with Crippen molar-refractivity contribution in [3.05, 3.63) is 64.7 Å². The van der Waals surface area contributed by atoms with Crippen LogP contribution >= 0.6 is 23.4 Å². The molecule has 3 aromatic rings. The van der Waals surface area contributed by atoms with Crippen molar-refractivity contribution >= 4 is 46.1 Å². The molecule has 168 valence electrons. The molecular weight excluding hydrogens is 442 g/mol. The first-order valence-electron chi connectivity index (χ1n) is 10.9. The van der Waals surface area contributed by atoms with Crippen LogP contribution in [0.5, 0.6) is 0 Å². The molecule has 32 heavy (non-hydrogen) atoms. The monoisotopic (exact) mass is 469 g/mol. The number of nitrogens with zero attached hydrogens (tertiary/aromatic N) is 2. The van der Waals surface area contributed by atoms with Crippen LogP contribution in [0.25, 0.3) is 10.9 Å². The van der Waals surface area contributed by atoms with E-state index in [1.165, 1.54) is 11.8 Å². The average molecular weight is 470 g/mol. The summed E-state index contributed by atoms with van der Waals surface area (Å²) in [6.07, 6.45) is 0.890. The Morgan fingerprint density at radius 3 is 2.62 bits per heavy atom. The molecular formula is C25H28ClN3O2S. The van der Waals surface area contributed by atoms with Crippen LogP contribution in [0.2, 0.25) is 5.02 Å². The third kappa shape index (κ3) is 4.52. The summed E-state index contributed by atoms with van der Waals surface area (Å²) in [5.41, 5.74) is 2.91. The molecule has 0 saturated carbocycles. The summed E-state index contributed by atoms with van der Waals surface area (Å²) in [4.78, 5) is 28.6. The van der Waals surface area contributed by atoms with Crippen molar-refractivity contribution in [3.63, 3.8) is 0 Å². The molecule has 0 fully saturated rings. The SMILES string of the molecule is CC(C)CCNC(=O)[C@H]1c2c(n(C)c3ccccc23)SCC(=O)N1Cc1ccc(Cl)cc1. The number of hydrogen-bond acceptors (Lipinski definition) is 3. The van der Waals surface area contributed by atoms with E-state index in [0.29, 0.717) is 29.8 Å². The molecule has 5 nitrogen and oxygen atoms in total. The predicted molar refractivity (Wildman–Crippen MR) is 131 cm³/mol. The maximum atomic E-state index is 13.6. The third-order valence-electron chi connectivity index (χ3n) is 5.86. The molecule has 0 unspecified atom stereocenters. The van der Waals surface area contributed by atoms with Gasteiger partial charge in [0.25, 0.3) is 0 Å². The van der Waals surface area contributed by atoms with Gasteiger partial charge in [-0.05, 0) is 36.1 Å². The van der Waals surface area contributed by atoms with Crippen LogP contribution in [0.1, 0.15) is 37.4 Å². The van der Waals surface area contributed by atoms with E-state index in [2.05, 4.69) is 29.8 Å². The number of halogens is 1. The van der Waals surface area contributed by atoms with Gasteiger partial charge in [-0.2, -0.15) is 0 Å². The number of nitrogens with one attached hydrogen (secondary N) is 1. The van der Waals surface area contributed by atoms with E-state index >= 15 is 0 Å². The largest absolute Gasteiger partial charge is 0.354 e. The summed E-state index contributed by atoms with van der Waals surface area (Å²) < 4.78 is 2.10. The predicted octanol–water partition coefficient (Wildman–Crippen LogP) is 5.17. The van der Waals surface area contributed by atoms with Gasteiger partial charge in [0.15, 0.2) is 0 Å². The highest BCUT2D eigenvalue weighted by molar-refractivity contribution is 8.00. The lowest BCUT2D eigenvalue weighted by Crippen LogP contribution is -2.43. The molecule has 0 saturated heterocycles. The summed E-state index contributed by atoms with van der Waals surface area (Å²) in [7, 11) is 2.00. The summed E-state index contributed by atoms with van der Waals surface area (Å²) in [5.74, 6) is 0.600. The average Bonchev–Trinajstić information content (AvgIpc) is 2.95. The van der Waals surface area contributed by atoms with E-state index in [0.717, 1.165) is 33.5 Å². The van der Waals surface area contributed by atoms with E-state index < -0.39 is 6.04 Å². The Morgan fingerprint density at radius 2 is 1.91 bits per heavy atom. The molecule has 2 amide bonds. The minimum absolute atomic E-state index is 0.0470. The Bertz CT molecular complexity index is 1140. The summed E-state index contributed by atoms with van der Waals surface area (Å²) in [6.45, 7) is 5.20. The van der Waals surface area contributed by atoms with Crippen molar-refractivity contribution in [2.75, 3.05) is 12.3 Å². The summed E-state index contributed by atoms with van der Waals surface area (Å²) in [5, 5.41) is 5.73. The molecule has 4 rings (SSSR count). The lowest BCUT2D eigenvalue weighted by Gasteiger charge is -2.30. The number of fused-ring (bicyclic) bond motifs is 3. The number of carbonyl (C=O) groups is 2. The lowest BCUT2D eigenvalue weighted by molar-refractivity contribution is -0.139. The second-order valence-corrected chi connectivity index (χ2v) is 10.0. The van der Waals surface area contributed by atoms with Crippen LogP contribution in [0, 0.1) is 5.92 Å². The summed E-state index contributed by atoms with van der Waals surface area (Å²) >= 11 is 7.56. The normalized spacial score (nSPS) is 16.3. The molecule has 1 aliphatic rings. The van der Waals surface area contributed by atoms with E-state index in [-0.39, 0.29) is 11.8 Å². The lowest BCUT2D eigenvalue weighted by atomic mass is 10.0. The Kier molecular flexibility index (Phi) is 6.82. The zero-order valence-electron chi connectivity index (χ0n) is 18.6. The van der Waals surface area contributed by atoms with Gasteiger partial charge >= 0.3 is 0 Å².